The van der Waals surface area contributed by atoms with Gasteiger partial charge in [0.15, 0.2) is 5.50 Å². The summed E-state index contributed by atoms with van der Waals surface area (Å²) in [5.41, 5.74) is 6.17. The predicted octanol–water partition coefficient (Wildman–Crippen LogP) is 4.96. The van der Waals surface area contributed by atoms with Gasteiger partial charge in [0.1, 0.15) is 5.75 Å². The number of benzene rings is 2. The summed E-state index contributed by atoms with van der Waals surface area (Å²) in [6.45, 7) is 6.20. The number of hydrogen-bond donors (Lipinski definition) is 3. The first-order valence-electron chi connectivity index (χ1n) is 9.97. The first-order chi connectivity index (χ1) is 14.4. The largest absolute Gasteiger partial charge is 0.508 e. The quantitative estimate of drug-likeness (QED) is 0.511. The van der Waals surface area contributed by atoms with Crippen molar-refractivity contribution in [3.8, 4) is 11.4 Å². The number of aromatic nitrogens is 1. The third-order valence-corrected chi connectivity index (χ3v) is 6.28. The Morgan fingerprint density at radius 2 is 1.83 bits per heavy atom. The van der Waals surface area contributed by atoms with Gasteiger partial charge >= 0.3 is 0 Å². The van der Waals surface area contributed by atoms with Crippen molar-refractivity contribution < 1.29 is 9.90 Å². The molecule has 3 N–H and O–H groups in total. The molecule has 1 aromatic heterocycles. The van der Waals surface area contributed by atoms with Crippen molar-refractivity contribution in [2.45, 2.75) is 32.7 Å². The van der Waals surface area contributed by atoms with Crippen LogP contribution in [0.15, 0.2) is 59.5 Å². The smallest absolute Gasteiger partial charge is 0.260 e. The van der Waals surface area contributed by atoms with Crippen LogP contribution >= 0.6 is 11.8 Å². The van der Waals surface area contributed by atoms with Crippen LogP contribution in [0.25, 0.3) is 11.8 Å². The third-order valence-electron chi connectivity index (χ3n) is 5.26. The first-order valence-corrected chi connectivity index (χ1v) is 10.9. The molecule has 0 radical (unpaired) electrons. The van der Waals surface area contributed by atoms with Gasteiger partial charge in [0.05, 0.1) is 4.91 Å². The van der Waals surface area contributed by atoms with E-state index < -0.39 is 0 Å². The summed E-state index contributed by atoms with van der Waals surface area (Å²) in [5, 5.41) is 15.9. The van der Waals surface area contributed by atoms with E-state index >= 15 is 0 Å². The molecular formula is C24H25N3O2S. The minimum absolute atomic E-state index is 0.0721. The lowest BCUT2D eigenvalue weighted by Gasteiger charge is -2.12. The number of phenolic OH excluding ortho intramolecular Hbond substituents is 1. The Kier molecular flexibility index (Phi) is 5.59. The maximum absolute atomic E-state index is 12.5. The molecule has 0 spiro atoms. The highest BCUT2D eigenvalue weighted by Crippen LogP contribution is 2.32. The van der Waals surface area contributed by atoms with E-state index in [0.717, 1.165) is 34.7 Å². The van der Waals surface area contributed by atoms with Crippen molar-refractivity contribution in [2.24, 2.45) is 0 Å². The Morgan fingerprint density at radius 3 is 2.50 bits per heavy atom. The van der Waals surface area contributed by atoms with Crippen LogP contribution in [-0.2, 0) is 11.2 Å². The van der Waals surface area contributed by atoms with Crippen LogP contribution in [0.4, 0.5) is 5.69 Å². The molecule has 0 aliphatic carbocycles. The zero-order valence-corrected chi connectivity index (χ0v) is 18.1. The number of rotatable bonds is 5. The fraction of sp³-hybridized carbons (Fsp3) is 0.208. The minimum atomic E-state index is -0.197. The Morgan fingerprint density at radius 1 is 1.13 bits per heavy atom. The molecule has 1 aliphatic heterocycles. The van der Waals surface area contributed by atoms with Crippen LogP contribution in [0, 0.1) is 13.8 Å². The van der Waals surface area contributed by atoms with Crippen LogP contribution in [-0.4, -0.2) is 21.1 Å². The zero-order valence-electron chi connectivity index (χ0n) is 17.3. The summed E-state index contributed by atoms with van der Waals surface area (Å²) < 4.78 is 2.12. The van der Waals surface area contributed by atoms with Gasteiger partial charge in [0, 0.05) is 22.8 Å². The van der Waals surface area contributed by atoms with E-state index in [-0.39, 0.29) is 17.2 Å². The lowest BCUT2D eigenvalue weighted by Crippen LogP contribution is -2.30. The zero-order chi connectivity index (χ0) is 21.3. The summed E-state index contributed by atoms with van der Waals surface area (Å²) in [6, 6.07) is 17.5. The average molecular weight is 420 g/mol. The van der Waals surface area contributed by atoms with Crippen molar-refractivity contribution in [3.05, 3.63) is 82.0 Å². The molecule has 0 unspecified atom stereocenters. The van der Waals surface area contributed by atoms with E-state index in [1.165, 1.54) is 17.3 Å². The summed E-state index contributed by atoms with van der Waals surface area (Å²) in [5.74, 6) is 0.169. The number of nitrogens with one attached hydrogen (secondary N) is 2. The average Bonchev–Trinajstić information content (AvgIpc) is 3.21. The number of anilines is 1. The molecule has 4 rings (SSSR count). The maximum Gasteiger partial charge on any atom is 0.260 e. The second-order valence-corrected chi connectivity index (χ2v) is 8.50. The van der Waals surface area contributed by atoms with Crippen LogP contribution in [0.3, 0.4) is 0 Å². The van der Waals surface area contributed by atoms with Gasteiger partial charge in [-0.3, -0.25) is 4.79 Å². The van der Waals surface area contributed by atoms with E-state index in [0.29, 0.717) is 4.91 Å². The molecule has 1 aliphatic rings. The number of aryl methyl sites for hydroxylation is 2. The number of carbonyl (C=O) groups excluding carboxylic acids is 1. The van der Waals surface area contributed by atoms with Gasteiger partial charge in [-0.1, -0.05) is 30.8 Å². The summed E-state index contributed by atoms with van der Waals surface area (Å²) in [7, 11) is 0. The second-order valence-electron chi connectivity index (χ2n) is 7.35. The molecule has 2 aromatic carbocycles. The van der Waals surface area contributed by atoms with E-state index in [9.17, 15) is 9.90 Å². The molecule has 3 aromatic rings. The van der Waals surface area contributed by atoms with Gasteiger partial charge in [0.25, 0.3) is 5.91 Å². The minimum Gasteiger partial charge on any atom is -0.508 e. The highest BCUT2D eigenvalue weighted by molar-refractivity contribution is 8.05. The van der Waals surface area contributed by atoms with Crippen LogP contribution in [0.1, 0.15) is 29.4 Å². The summed E-state index contributed by atoms with van der Waals surface area (Å²) in [4.78, 5) is 13.2. The number of carbonyl (C=O) groups is 1. The number of amides is 1. The molecule has 30 heavy (non-hydrogen) atoms. The number of phenols is 1. The van der Waals surface area contributed by atoms with E-state index in [2.05, 4.69) is 40.3 Å². The molecule has 154 valence electrons. The highest BCUT2D eigenvalue weighted by Gasteiger charge is 2.27. The number of thioether (sulfide) groups is 1. The van der Waals surface area contributed by atoms with E-state index in [1.807, 2.05) is 44.2 Å². The maximum atomic E-state index is 12.5. The first kappa shape index (κ1) is 20.2. The monoisotopic (exact) mass is 419 g/mol. The SMILES string of the molecule is CCc1ccc(N[C@@H]2NC(=O)/C(=C/c3cc(C)n(-c4ccc(O)cc4)c3C)S2)cc1. The van der Waals surface area contributed by atoms with E-state index in [1.54, 1.807) is 12.1 Å². The standard InChI is InChI=1S/C24H25N3O2S/c1-4-17-5-7-19(8-6-17)25-24-26-23(29)22(30-24)14-18-13-15(2)27(16(18)3)20-9-11-21(28)12-10-20/h5-14,24-25,28H,4H2,1-3H3,(H,26,29)/b22-14-/t24-/m1/s1. The molecule has 0 bridgehead atoms. The molecule has 1 saturated heterocycles. The fourth-order valence-electron chi connectivity index (χ4n) is 3.63. The second kappa shape index (κ2) is 8.32. The number of hydrogen-bond acceptors (Lipinski definition) is 4. The third kappa shape index (κ3) is 4.09. The summed E-state index contributed by atoms with van der Waals surface area (Å²) >= 11 is 1.49. The molecule has 1 fully saturated rings. The molecule has 6 heteroatoms. The van der Waals surface area contributed by atoms with Crippen molar-refractivity contribution in [3.63, 3.8) is 0 Å². The molecular weight excluding hydrogens is 394 g/mol. The van der Waals surface area contributed by atoms with Crippen LogP contribution in [0.2, 0.25) is 0 Å². The Hall–Kier alpha value is -3.12. The number of aromatic hydroxyl groups is 1. The van der Waals surface area contributed by atoms with Gasteiger partial charge in [-0.05, 0) is 79.9 Å². The molecule has 2 heterocycles. The Labute approximate surface area is 180 Å². The normalized spacial score (nSPS) is 17.4. The van der Waals surface area contributed by atoms with Crippen molar-refractivity contribution >= 4 is 29.4 Å². The number of nitrogens with zero attached hydrogens (tertiary/aromatic N) is 1. The molecule has 1 amide bonds. The van der Waals surface area contributed by atoms with Gasteiger partial charge < -0.3 is 20.3 Å². The molecule has 1 atom stereocenters. The lowest BCUT2D eigenvalue weighted by atomic mass is 10.1. The molecule has 5 nitrogen and oxygen atoms in total. The van der Waals surface area contributed by atoms with Crippen LogP contribution < -0.4 is 10.6 Å². The Balaban J connectivity index is 1.54. The van der Waals surface area contributed by atoms with Crippen LogP contribution in [0.5, 0.6) is 5.75 Å². The summed E-state index contributed by atoms with van der Waals surface area (Å²) in [6.07, 6.45) is 2.95. The fourth-order valence-corrected chi connectivity index (χ4v) is 4.60. The van der Waals surface area contributed by atoms with E-state index in [4.69, 9.17) is 0 Å². The highest BCUT2D eigenvalue weighted by atomic mass is 32.2. The Bertz CT molecular complexity index is 1100. The van der Waals surface area contributed by atoms with Gasteiger partial charge in [-0.15, -0.1) is 0 Å². The van der Waals surface area contributed by atoms with Crippen molar-refractivity contribution in [1.29, 1.82) is 0 Å². The lowest BCUT2D eigenvalue weighted by molar-refractivity contribution is -0.116. The predicted molar refractivity (Wildman–Crippen MR) is 124 cm³/mol. The van der Waals surface area contributed by atoms with Gasteiger partial charge in [-0.25, -0.2) is 0 Å². The van der Waals surface area contributed by atoms with Crippen molar-refractivity contribution in [1.82, 2.24) is 9.88 Å². The van der Waals surface area contributed by atoms with Gasteiger partial charge in [0.2, 0.25) is 0 Å². The van der Waals surface area contributed by atoms with Gasteiger partial charge in [-0.2, -0.15) is 0 Å². The topological polar surface area (TPSA) is 66.3 Å². The van der Waals surface area contributed by atoms with Crippen molar-refractivity contribution in [2.75, 3.05) is 5.32 Å². The molecule has 0 saturated carbocycles.